The van der Waals surface area contributed by atoms with E-state index >= 15 is 0 Å². The van der Waals surface area contributed by atoms with Crippen molar-refractivity contribution in [1.82, 2.24) is 5.32 Å². The van der Waals surface area contributed by atoms with Crippen molar-refractivity contribution in [2.45, 2.75) is 45.6 Å². The van der Waals surface area contributed by atoms with Crippen LogP contribution in [0.3, 0.4) is 0 Å². The summed E-state index contributed by atoms with van der Waals surface area (Å²) in [4.78, 5) is 11.7. The lowest BCUT2D eigenvalue weighted by atomic mass is 10.1. The average molecular weight is 288 g/mol. The summed E-state index contributed by atoms with van der Waals surface area (Å²) in [5.41, 5.74) is 0. The third-order valence-corrected chi connectivity index (χ3v) is 2.84. The van der Waals surface area contributed by atoms with Gasteiger partial charge in [0, 0.05) is 6.04 Å². The van der Waals surface area contributed by atoms with Gasteiger partial charge < -0.3 is 9.73 Å². The van der Waals surface area contributed by atoms with Crippen molar-refractivity contribution in [1.29, 1.82) is 0 Å². The molecular formula is C12H18BrNO2. The molecule has 0 unspecified atom stereocenters. The Hall–Kier alpha value is -0.770. The molecule has 0 fully saturated rings. The molecule has 1 amide bonds. The van der Waals surface area contributed by atoms with E-state index in [2.05, 4.69) is 28.2 Å². The van der Waals surface area contributed by atoms with Crippen molar-refractivity contribution < 1.29 is 9.21 Å². The first kappa shape index (κ1) is 13.3. The lowest BCUT2D eigenvalue weighted by Crippen LogP contribution is -2.32. The number of nitrogens with one attached hydrogen (secondary N) is 1. The molecule has 90 valence electrons. The standard InChI is InChI=1S/C12H18BrNO2/c1-3-4-5-6-9(2)14-12(15)10-7-8-11(13)16-10/h7-9H,3-6H2,1-2H3,(H,14,15)/t9-/m1/s1. The van der Waals surface area contributed by atoms with E-state index in [0.717, 1.165) is 12.8 Å². The third-order valence-electron chi connectivity index (χ3n) is 2.42. The average Bonchev–Trinajstić information content (AvgIpc) is 2.65. The molecule has 1 aromatic heterocycles. The minimum Gasteiger partial charge on any atom is -0.444 e. The molecule has 1 atom stereocenters. The van der Waals surface area contributed by atoms with Gasteiger partial charge in [-0.15, -0.1) is 0 Å². The lowest BCUT2D eigenvalue weighted by Gasteiger charge is -2.12. The van der Waals surface area contributed by atoms with Gasteiger partial charge in [-0.3, -0.25) is 4.79 Å². The quantitative estimate of drug-likeness (QED) is 0.810. The van der Waals surface area contributed by atoms with Gasteiger partial charge in [0.1, 0.15) is 0 Å². The summed E-state index contributed by atoms with van der Waals surface area (Å²) in [7, 11) is 0. The van der Waals surface area contributed by atoms with Gasteiger partial charge in [0.25, 0.3) is 5.91 Å². The normalized spacial score (nSPS) is 12.4. The highest BCUT2D eigenvalue weighted by Gasteiger charge is 2.12. The Labute approximate surface area is 105 Å². The van der Waals surface area contributed by atoms with E-state index in [1.54, 1.807) is 12.1 Å². The summed E-state index contributed by atoms with van der Waals surface area (Å²) >= 11 is 3.17. The van der Waals surface area contributed by atoms with Crippen LogP contribution in [0.1, 0.15) is 50.1 Å². The lowest BCUT2D eigenvalue weighted by molar-refractivity contribution is 0.0908. The van der Waals surface area contributed by atoms with Crippen LogP contribution in [0.5, 0.6) is 0 Å². The van der Waals surface area contributed by atoms with Crippen molar-refractivity contribution in [3.8, 4) is 0 Å². The van der Waals surface area contributed by atoms with Crippen LogP contribution in [0, 0.1) is 0 Å². The van der Waals surface area contributed by atoms with E-state index in [0.29, 0.717) is 10.4 Å². The van der Waals surface area contributed by atoms with Crippen LogP contribution < -0.4 is 5.32 Å². The SMILES string of the molecule is CCCCC[C@@H](C)NC(=O)c1ccc(Br)o1. The second kappa shape index (κ2) is 6.74. The Morgan fingerprint density at radius 1 is 1.50 bits per heavy atom. The summed E-state index contributed by atoms with van der Waals surface area (Å²) < 4.78 is 5.76. The molecule has 4 heteroatoms. The Kier molecular flexibility index (Phi) is 5.60. The molecule has 1 rings (SSSR count). The molecule has 0 saturated heterocycles. The zero-order valence-electron chi connectivity index (χ0n) is 9.75. The second-order valence-electron chi connectivity index (χ2n) is 3.97. The van der Waals surface area contributed by atoms with Crippen LogP contribution in [-0.2, 0) is 0 Å². The molecule has 1 heterocycles. The first-order chi connectivity index (χ1) is 7.63. The van der Waals surface area contributed by atoms with Gasteiger partial charge in [-0.05, 0) is 41.4 Å². The van der Waals surface area contributed by atoms with E-state index in [9.17, 15) is 4.79 Å². The fourth-order valence-electron chi connectivity index (χ4n) is 1.50. The highest BCUT2D eigenvalue weighted by atomic mass is 79.9. The fraction of sp³-hybridized carbons (Fsp3) is 0.583. The summed E-state index contributed by atoms with van der Waals surface area (Å²) in [6.45, 7) is 4.19. The van der Waals surface area contributed by atoms with Gasteiger partial charge in [0.2, 0.25) is 0 Å². The molecule has 0 spiro atoms. The Morgan fingerprint density at radius 3 is 2.81 bits per heavy atom. The molecule has 16 heavy (non-hydrogen) atoms. The number of carbonyl (C=O) groups excluding carboxylic acids is 1. The van der Waals surface area contributed by atoms with Gasteiger partial charge in [0.05, 0.1) is 0 Å². The number of furan rings is 1. The molecule has 0 saturated carbocycles. The monoisotopic (exact) mass is 287 g/mol. The van der Waals surface area contributed by atoms with Crippen molar-refractivity contribution >= 4 is 21.8 Å². The number of unbranched alkanes of at least 4 members (excludes halogenated alkanes) is 2. The zero-order valence-corrected chi connectivity index (χ0v) is 11.3. The second-order valence-corrected chi connectivity index (χ2v) is 4.76. The molecule has 0 aliphatic rings. The fourth-order valence-corrected chi connectivity index (χ4v) is 1.81. The van der Waals surface area contributed by atoms with Crippen molar-refractivity contribution in [3.63, 3.8) is 0 Å². The van der Waals surface area contributed by atoms with Crippen molar-refractivity contribution in [2.75, 3.05) is 0 Å². The number of hydrogen-bond acceptors (Lipinski definition) is 2. The van der Waals surface area contributed by atoms with E-state index in [1.165, 1.54) is 12.8 Å². The van der Waals surface area contributed by atoms with E-state index in [-0.39, 0.29) is 11.9 Å². The molecule has 1 aromatic rings. The van der Waals surface area contributed by atoms with E-state index < -0.39 is 0 Å². The molecule has 0 radical (unpaired) electrons. The molecular weight excluding hydrogens is 270 g/mol. The number of amides is 1. The topological polar surface area (TPSA) is 42.2 Å². The number of rotatable bonds is 6. The number of hydrogen-bond donors (Lipinski definition) is 1. The summed E-state index contributed by atoms with van der Waals surface area (Å²) in [6, 6.07) is 3.58. The molecule has 1 N–H and O–H groups in total. The van der Waals surface area contributed by atoms with E-state index in [4.69, 9.17) is 4.42 Å². The summed E-state index contributed by atoms with van der Waals surface area (Å²) in [5, 5.41) is 2.91. The van der Waals surface area contributed by atoms with Crippen LogP contribution in [0.2, 0.25) is 0 Å². The Bertz CT molecular complexity index is 336. The van der Waals surface area contributed by atoms with Crippen LogP contribution >= 0.6 is 15.9 Å². The van der Waals surface area contributed by atoms with Gasteiger partial charge in [-0.25, -0.2) is 0 Å². The Morgan fingerprint density at radius 2 is 2.25 bits per heavy atom. The van der Waals surface area contributed by atoms with Crippen LogP contribution in [-0.4, -0.2) is 11.9 Å². The summed E-state index contributed by atoms with van der Waals surface area (Å²) in [5.74, 6) is 0.212. The van der Waals surface area contributed by atoms with E-state index in [1.807, 2.05) is 6.92 Å². The largest absolute Gasteiger partial charge is 0.444 e. The maximum atomic E-state index is 11.7. The number of carbonyl (C=O) groups is 1. The van der Waals surface area contributed by atoms with Crippen LogP contribution in [0.25, 0.3) is 0 Å². The predicted octanol–water partition coefficient (Wildman–Crippen LogP) is 3.74. The van der Waals surface area contributed by atoms with Gasteiger partial charge in [0.15, 0.2) is 10.4 Å². The van der Waals surface area contributed by atoms with Crippen LogP contribution in [0.15, 0.2) is 21.2 Å². The van der Waals surface area contributed by atoms with Gasteiger partial charge >= 0.3 is 0 Å². The van der Waals surface area contributed by atoms with Crippen LogP contribution in [0.4, 0.5) is 0 Å². The molecule has 3 nitrogen and oxygen atoms in total. The first-order valence-electron chi connectivity index (χ1n) is 5.69. The minimum absolute atomic E-state index is 0.144. The summed E-state index contributed by atoms with van der Waals surface area (Å²) in [6.07, 6.45) is 4.58. The molecule has 0 aliphatic carbocycles. The highest BCUT2D eigenvalue weighted by molar-refractivity contribution is 9.10. The maximum absolute atomic E-state index is 11.7. The highest BCUT2D eigenvalue weighted by Crippen LogP contribution is 2.14. The zero-order chi connectivity index (χ0) is 12.0. The first-order valence-corrected chi connectivity index (χ1v) is 6.49. The number of halogens is 1. The molecule has 0 bridgehead atoms. The Balaban J connectivity index is 2.33. The molecule has 0 aromatic carbocycles. The van der Waals surface area contributed by atoms with Crippen molar-refractivity contribution in [3.05, 3.63) is 22.6 Å². The van der Waals surface area contributed by atoms with Crippen molar-refractivity contribution in [2.24, 2.45) is 0 Å². The smallest absolute Gasteiger partial charge is 0.287 e. The van der Waals surface area contributed by atoms with Gasteiger partial charge in [-0.1, -0.05) is 26.2 Å². The third kappa shape index (κ3) is 4.39. The van der Waals surface area contributed by atoms with Gasteiger partial charge in [-0.2, -0.15) is 0 Å². The maximum Gasteiger partial charge on any atom is 0.287 e. The minimum atomic E-state index is -0.144. The predicted molar refractivity (Wildman–Crippen MR) is 67.5 cm³/mol. The molecule has 0 aliphatic heterocycles.